The summed E-state index contributed by atoms with van der Waals surface area (Å²) in [4.78, 5) is 0. The third-order valence-electron chi connectivity index (χ3n) is 2.50. The highest BCUT2D eigenvalue weighted by atomic mass is 15.1. The summed E-state index contributed by atoms with van der Waals surface area (Å²) < 4.78 is 0. The smallest absolute Gasteiger partial charge is 0.0966 e. The van der Waals surface area contributed by atoms with Crippen LogP contribution < -0.4 is 5.73 Å². The van der Waals surface area contributed by atoms with Gasteiger partial charge in [-0.15, -0.1) is 0 Å². The molecule has 1 aliphatic rings. The van der Waals surface area contributed by atoms with Crippen LogP contribution in [-0.4, -0.2) is 16.0 Å². The molecule has 13 heavy (non-hydrogen) atoms. The summed E-state index contributed by atoms with van der Waals surface area (Å²) in [7, 11) is 0. The predicted molar refractivity (Wildman–Crippen MR) is 50.8 cm³/mol. The molecule has 1 aromatic heterocycles. The molecule has 70 valence electrons. The standard InChI is InChI=1S/C9H14N4/c10-9(11)5-8-6-3-1-2-4-7(6)12-13-8/h1-5H2,(H3,10,11)(H,12,13). The number of amidine groups is 1. The van der Waals surface area contributed by atoms with E-state index in [-0.39, 0.29) is 5.84 Å². The number of H-pyrrole nitrogens is 1. The lowest BCUT2D eigenvalue weighted by Gasteiger charge is -2.10. The molecular weight excluding hydrogens is 164 g/mol. The van der Waals surface area contributed by atoms with Gasteiger partial charge in [0, 0.05) is 12.1 Å². The van der Waals surface area contributed by atoms with Crippen molar-refractivity contribution in [3.8, 4) is 0 Å². The van der Waals surface area contributed by atoms with E-state index in [2.05, 4.69) is 10.2 Å². The van der Waals surface area contributed by atoms with Crippen LogP contribution in [-0.2, 0) is 19.3 Å². The fourth-order valence-electron chi connectivity index (χ4n) is 1.88. The summed E-state index contributed by atoms with van der Waals surface area (Å²) in [6.07, 6.45) is 5.16. The Morgan fingerprint density at radius 2 is 2.23 bits per heavy atom. The van der Waals surface area contributed by atoms with E-state index in [1.807, 2.05) is 0 Å². The first kappa shape index (κ1) is 8.29. The van der Waals surface area contributed by atoms with Gasteiger partial charge in [0.25, 0.3) is 0 Å². The van der Waals surface area contributed by atoms with E-state index in [1.165, 1.54) is 24.1 Å². The first-order chi connectivity index (χ1) is 6.27. The van der Waals surface area contributed by atoms with Crippen LogP contribution in [0.2, 0.25) is 0 Å². The van der Waals surface area contributed by atoms with Crippen LogP contribution in [0.3, 0.4) is 0 Å². The molecule has 1 heterocycles. The minimum absolute atomic E-state index is 0.194. The second-order valence-corrected chi connectivity index (χ2v) is 3.54. The van der Waals surface area contributed by atoms with E-state index in [1.54, 1.807) is 0 Å². The molecule has 0 atom stereocenters. The molecule has 1 aromatic rings. The summed E-state index contributed by atoms with van der Waals surface area (Å²) >= 11 is 0. The number of fused-ring (bicyclic) bond motifs is 1. The molecule has 4 heteroatoms. The van der Waals surface area contributed by atoms with E-state index in [0.29, 0.717) is 6.42 Å². The van der Waals surface area contributed by atoms with Crippen LogP contribution in [0.15, 0.2) is 0 Å². The minimum Gasteiger partial charge on any atom is -0.387 e. The van der Waals surface area contributed by atoms with Crippen LogP contribution in [0.1, 0.15) is 29.8 Å². The number of nitrogens with two attached hydrogens (primary N) is 1. The summed E-state index contributed by atoms with van der Waals surface area (Å²) in [5.41, 5.74) is 8.88. The van der Waals surface area contributed by atoms with E-state index < -0.39 is 0 Å². The van der Waals surface area contributed by atoms with Gasteiger partial charge in [-0.05, 0) is 31.2 Å². The molecule has 0 unspecified atom stereocenters. The van der Waals surface area contributed by atoms with Crippen LogP contribution in [0.4, 0.5) is 0 Å². The topological polar surface area (TPSA) is 78.6 Å². The van der Waals surface area contributed by atoms with Crippen LogP contribution in [0.5, 0.6) is 0 Å². The molecule has 0 spiro atoms. The van der Waals surface area contributed by atoms with Gasteiger partial charge in [-0.3, -0.25) is 10.5 Å². The Bertz CT molecular complexity index is 326. The third-order valence-corrected chi connectivity index (χ3v) is 2.50. The highest BCUT2D eigenvalue weighted by Gasteiger charge is 2.16. The van der Waals surface area contributed by atoms with Gasteiger partial charge < -0.3 is 5.73 Å². The Labute approximate surface area is 77.0 Å². The minimum atomic E-state index is 0.194. The van der Waals surface area contributed by atoms with Crippen molar-refractivity contribution in [3.63, 3.8) is 0 Å². The molecule has 4 N–H and O–H groups in total. The number of nitrogens with zero attached hydrogens (tertiary/aromatic N) is 1. The second-order valence-electron chi connectivity index (χ2n) is 3.54. The Hall–Kier alpha value is -1.32. The Morgan fingerprint density at radius 3 is 3.00 bits per heavy atom. The van der Waals surface area contributed by atoms with E-state index in [0.717, 1.165) is 18.5 Å². The average Bonchev–Trinajstić information content (AvgIpc) is 2.48. The van der Waals surface area contributed by atoms with Gasteiger partial charge in [0.1, 0.15) is 0 Å². The van der Waals surface area contributed by atoms with Gasteiger partial charge in [0.05, 0.1) is 11.5 Å². The Balaban J connectivity index is 2.26. The van der Waals surface area contributed by atoms with Crippen molar-refractivity contribution >= 4 is 5.84 Å². The zero-order chi connectivity index (χ0) is 9.26. The lowest BCUT2D eigenvalue weighted by atomic mass is 9.95. The van der Waals surface area contributed by atoms with Crippen molar-refractivity contribution in [1.82, 2.24) is 10.2 Å². The normalized spacial score (nSPS) is 15.4. The van der Waals surface area contributed by atoms with Crippen molar-refractivity contribution < 1.29 is 0 Å². The van der Waals surface area contributed by atoms with Gasteiger partial charge in [0.15, 0.2) is 0 Å². The van der Waals surface area contributed by atoms with Crippen molar-refractivity contribution in [2.24, 2.45) is 5.73 Å². The summed E-state index contributed by atoms with van der Waals surface area (Å²) in [5, 5.41) is 14.4. The third kappa shape index (κ3) is 1.56. The molecule has 0 aliphatic heterocycles. The number of rotatable bonds is 2. The Morgan fingerprint density at radius 1 is 1.46 bits per heavy atom. The van der Waals surface area contributed by atoms with Gasteiger partial charge in [-0.2, -0.15) is 5.10 Å². The highest BCUT2D eigenvalue weighted by Crippen LogP contribution is 2.22. The number of hydrogen-bond donors (Lipinski definition) is 3. The van der Waals surface area contributed by atoms with E-state index in [9.17, 15) is 0 Å². The number of aromatic nitrogens is 2. The molecule has 2 rings (SSSR count). The Kier molecular flexibility index (Phi) is 2.04. The van der Waals surface area contributed by atoms with Gasteiger partial charge in [0.2, 0.25) is 0 Å². The highest BCUT2D eigenvalue weighted by molar-refractivity contribution is 5.79. The van der Waals surface area contributed by atoms with Crippen LogP contribution in [0, 0.1) is 5.41 Å². The molecule has 0 bridgehead atoms. The van der Waals surface area contributed by atoms with Crippen molar-refractivity contribution in [3.05, 3.63) is 17.0 Å². The fraction of sp³-hybridized carbons (Fsp3) is 0.556. The molecule has 0 radical (unpaired) electrons. The number of hydrogen-bond acceptors (Lipinski definition) is 2. The maximum atomic E-state index is 7.21. The number of aromatic amines is 1. The molecule has 0 fully saturated rings. The van der Waals surface area contributed by atoms with E-state index in [4.69, 9.17) is 11.1 Å². The second kappa shape index (κ2) is 3.20. The SMILES string of the molecule is N=C(N)Cc1n[nH]c2c1CCCC2. The zero-order valence-corrected chi connectivity index (χ0v) is 7.56. The van der Waals surface area contributed by atoms with Gasteiger partial charge >= 0.3 is 0 Å². The number of nitrogens with one attached hydrogen (secondary N) is 2. The van der Waals surface area contributed by atoms with Crippen LogP contribution >= 0.6 is 0 Å². The lowest BCUT2D eigenvalue weighted by Crippen LogP contribution is -2.14. The molecule has 0 saturated heterocycles. The monoisotopic (exact) mass is 178 g/mol. The first-order valence-electron chi connectivity index (χ1n) is 4.65. The van der Waals surface area contributed by atoms with E-state index >= 15 is 0 Å². The molecule has 0 aromatic carbocycles. The van der Waals surface area contributed by atoms with Crippen molar-refractivity contribution in [2.75, 3.05) is 0 Å². The maximum absolute atomic E-state index is 7.21. The van der Waals surface area contributed by atoms with Crippen molar-refractivity contribution in [2.45, 2.75) is 32.1 Å². The summed E-state index contributed by atoms with van der Waals surface area (Å²) in [6.45, 7) is 0. The summed E-state index contributed by atoms with van der Waals surface area (Å²) in [5.74, 6) is 0.194. The molecule has 0 saturated carbocycles. The quantitative estimate of drug-likeness (QED) is 0.462. The average molecular weight is 178 g/mol. The maximum Gasteiger partial charge on any atom is 0.0966 e. The lowest BCUT2D eigenvalue weighted by molar-refractivity contribution is 0.673. The zero-order valence-electron chi connectivity index (χ0n) is 7.56. The largest absolute Gasteiger partial charge is 0.387 e. The molecule has 4 nitrogen and oxygen atoms in total. The molecule has 1 aliphatic carbocycles. The van der Waals surface area contributed by atoms with Gasteiger partial charge in [-0.25, -0.2) is 0 Å². The predicted octanol–water partition coefficient (Wildman–Crippen LogP) is 0.767. The van der Waals surface area contributed by atoms with Crippen molar-refractivity contribution in [1.29, 1.82) is 5.41 Å². The fourth-order valence-corrected chi connectivity index (χ4v) is 1.88. The van der Waals surface area contributed by atoms with Gasteiger partial charge in [-0.1, -0.05) is 0 Å². The molecule has 0 amide bonds. The van der Waals surface area contributed by atoms with Crippen LogP contribution in [0.25, 0.3) is 0 Å². The summed E-state index contributed by atoms with van der Waals surface area (Å²) in [6, 6.07) is 0. The first-order valence-corrected chi connectivity index (χ1v) is 4.65. The number of aryl methyl sites for hydroxylation is 1. The molecular formula is C9H14N4.